The fourth-order valence-electron chi connectivity index (χ4n) is 1.64. The van der Waals surface area contributed by atoms with Crippen molar-refractivity contribution in [2.75, 3.05) is 19.8 Å². The van der Waals surface area contributed by atoms with Gasteiger partial charge in [-0.1, -0.05) is 0 Å². The third-order valence-electron chi connectivity index (χ3n) is 2.41. The molecule has 1 heterocycles. The van der Waals surface area contributed by atoms with E-state index in [1.54, 1.807) is 6.92 Å². The molecule has 2 unspecified atom stereocenters. The van der Waals surface area contributed by atoms with E-state index in [9.17, 15) is 18.0 Å². The maximum Gasteiger partial charge on any atom is 0.411 e. The predicted octanol–water partition coefficient (Wildman–Crippen LogP) is 1.25. The van der Waals surface area contributed by atoms with Crippen molar-refractivity contribution in [3.8, 4) is 0 Å². The lowest BCUT2D eigenvalue weighted by molar-refractivity contribution is -0.175. The second-order valence-electron chi connectivity index (χ2n) is 4.02. The monoisotopic (exact) mass is 255 g/mol. The van der Waals surface area contributed by atoms with Gasteiger partial charge in [-0.15, -0.1) is 0 Å². The molecule has 0 radical (unpaired) electrons. The van der Waals surface area contributed by atoms with Gasteiger partial charge in [-0.05, 0) is 19.8 Å². The van der Waals surface area contributed by atoms with Crippen LogP contribution >= 0.6 is 0 Å². The molecule has 4 nitrogen and oxygen atoms in total. The van der Waals surface area contributed by atoms with Crippen LogP contribution in [0.5, 0.6) is 0 Å². The Labute approximate surface area is 97.5 Å². The normalized spacial score (nSPS) is 22.5. The molecule has 0 saturated carbocycles. The SMILES string of the molecule is CC(NC(=O)COCC(F)(F)F)C1CCCO1. The fourth-order valence-corrected chi connectivity index (χ4v) is 1.64. The van der Waals surface area contributed by atoms with Crippen molar-refractivity contribution in [2.45, 2.75) is 38.1 Å². The molecule has 1 fully saturated rings. The highest BCUT2D eigenvalue weighted by atomic mass is 19.4. The van der Waals surface area contributed by atoms with Crippen LogP contribution in [0.4, 0.5) is 13.2 Å². The van der Waals surface area contributed by atoms with Crippen molar-refractivity contribution >= 4 is 5.91 Å². The topological polar surface area (TPSA) is 47.6 Å². The molecular formula is C10H16F3NO3. The quantitative estimate of drug-likeness (QED) is 0.804. The van der Waals surface area contributed by atoms with E-state index < -0.39 is 25.3 Å². The van der Waals surface area contributed by atoms with Gasteiger partial charge in [-0.25, -0.2) is 0 Å². The molecule has 1 N–H and O–H groups in total. The lowest BCUT2D eigenvalue weighted by atomic mass is 10.1. The highest BCUT2D eigenvalue weighted by Gasteiger charge is 2.28. The average Bonchev–Trinajstić information content (AvgIpc) is 2.67. The van der Waals surface area contributed by atoms with Crippen molar-refractivity contribution in [1.29, 1.82) is 0 Å². The molecule has 0 bridgehead atoms. The van der Waals surface area contributed by atoms with Gasteiger partial charge in [0, 0.05) is 6.61 Å². The number of carbonyl (C=O) groups excluding carboxylic acids is 1. The minimum absolute atomic E-state index is 0.0541. The van der Waals surface area contributed by atoms with Crippen molar-refractivity contribution in [3.05, 3.63) is 0 Å². The Morgan fingerprint density at radius 3 is 2.82 bits per heavy atom. The van der Waals surface area contributed by atoms with Gasteiger partial charge in [0.05, 0.1) is 12.1 Å². The molecule has 7 heteroatoms. The van der Waals surface area contributed by atoms with Gasteiger partial charge in [0.1, 0.15) is 13.2 Å². The largest absolute Gasteiger partial charge is 0.411 e. The second-order valence-corrected chi connectivity index (χ2v) is 4.02. The first-order valence-corrected chi connectivity index (χ1v) is 5.44. The lowest BCUT2D eigenvalue weighted by Crippen LogP contribution is -2.42. The summed E-state index contributed by atoms with van der Waals surface area (Å²) in [6, 6.07) is -0.209. The number of ether oxygens (including phenoxy) is 2. The number of amides is 1. The van der Waals surface area contributed by atoms with Crippen LogP contribution in [-0.4, -0.2) is 44.0 Å². The number of alkyl halides is 3. The fraction of sp³-hybridized carbons (Fsp3) is 0.900. The molecule has 2 atom stereocenters. The maximum absolute atomic E-state index is 11.7. The molecule has 1 amide bonds. The zero-order chi connectivity index (χ0) is 12.9. The van der Waals surface area contributed by atoms with Crippen LogP contribution in [-0.2, 0) is 14.3 Å². The van der Waals surface area contributed by atoms with E-state index in [1.807, 2.05) is 0 Å². The van der Waals surface area contributed by atoms with Crippen LogP contribution in [0.2, 0.25) is 0 Å². The van der Waals surface area contributed by atoms with E-state index in [4.69, 9.17) is 4.74 Å². The Morgan fingerprint density at radius 1 is 1.59 bits per heavy atom. The van der Waals surface area contributed by atoms with Crippen molar-refractivity contribution < 1.29 is 27.4 Å². The van der Waals surface area contributed by atoms with Crippen LogP contribution in [0.3, 0.4) is 0 Å². The zero-order valence-corrected chi connectivity index (χ0v) is 9.55. The number of carbonyl (C=O) groups is 1. The van der Waals surface area contributed by atoms with Crippen LogP contribution < -0.4 is 5.32 Å². The summed E-state index contributed by atoms with van der Waals surface area (Å²) in [5, 5.41) is 2.55. The number of nitrogens with one attached hydrogen (secondary N) is 1. The number of hydrogen-bond acceptors (Lipinski definition) is 3. The Hall–Kier alpha value is -0.820. The van der Waals surface area contributed by atoms with E-state index in [1.165, 1.54) is 0 Å². The first-order valence-electron chi connectivity index (χ1n) is 5.44. The number of rotatable bonds is 5. The molecule has 17 heavy (non-hydrogen) atoms. The standard InChI is InChI=1S/C10H16F3NO3/c1-7(8-3-2-4-17-8)14-9(15)5-16-6-10(11,12)13/h7-8H,2-6H2,1H3,(H,14,15). The summed E-state index contributed by atoms with van der Waals surface area (Å²) in [5.74, 6) is -0.558. The molecule has 1 saturated heterocycles. The molecule has 1 rings (SSSR count). The molecular weight excluding hydrogens is 239 g/mol. The Morgan fingerprint density at radius 2 is 2.29 bits per heavy atom. The van der Waals surface area contributed by atoms with Crippen molar-refractivity contribution in [2.24, 2.45) is 0 Å². The van der Waals surface area contributed by atoms with E-state index in [2.05, 4.69) is 10.1 Å². The summed E-state index contributed by atoms with van der Waals surface area (Å²) in [4.78, 5) is 11.2. The van der Waals surface area contributed by atoms with Gasteiger partial charge in [0.2, 0.25) is 5.91 Å². The van der Waals surface area contributed by atoms with E-state index in [0.29, 0.717) is 6.61 Å². The summed E-state index contributed by atoms with van der Waals surface area (Å²) >= 11 is 0. The molecule has 0 aliphatic carbocycles. The van der Waals surface area contributed by atoms with Gasteiger partial charge >= 0.3 is 6.18 Å². The van der Waals surface area contributed by atoms with Gasteiger partial charge < -0.3 is 14.8 Å². The smallest absolute Gasteiger partial charge is 0.376 e. The highest BCUT2D eigenvalue weighted by molar-refractivity contribution is 5.77. The third kappa shape index (κ3) is 5.88. The summed E-state index contributed by atoms with van der Waals surface area (Å²) in [5.41, 5.74) is 0. The second kappa shape index (κ2) is 6.20. The van der Waals surface area contributed by atoms with Gasteiger partial charge in [-0.2, -0.15) is 13.2 Å². The summed E-state index contributed by atoms with van der Waals surface area (Å²) in [7, 11) is 0. The highest BCUT2D eigenvalue weighted by Crippen LogP contribution is 2.16. The van der Waals surface area contributed by atoms with Crippen LogP contribution in [0, 0.1) is 0 Å². The third-order valence-corrected chi connectivity index (χ3v) is 2.41. The van der Waals surface area contributed by atoms with Crippen molar-refractivity contribution in [3.63, 3.8) is 0 Å². The molecule has 100 valence electrons. The molecule has 1 aliphatic rings. The summed E-state index contributed by atoms with van der Waals surface area (Å²) in [6.45, 7) is 0.429. The van der Waals surface area contributed by atoms with Crippen LogP contribution in [0.1, 0.15) is 19.8 Å². The zero-order valence-electron chi connectivity index (χ0n) is 9.55. The minimum atomic E-state index is -4.40. The van der Waals surface area contributed by atoms with Gasteiger partial charge in [0.15, 0.2) is 0 Å². The molecule has 1 aliphatic heterocycles. The van der Waals surface area contributed by atoms with E-state index in [0.717, 1.165) is 12.8 Å². The molecule has 0 spiro atoms. The average molecular weight is 255 g/mol. The first kappa shape index (κ1) is 14.2. The lowest BCUT2D eigenvalue weighted by Gasteiger charge is -2.20. The van der Waals surface area contributed by atoms with Crippen molar-refractivity contribution in [1.82, 2.24) is 5.32 Å². The molecule has 0 aromatic carbocycles. The number of hydrogen-bond donors (Lipinski definition) is 1. The Bertz CT molecular complexity index is 252. The summed E-state index contributed by atoms with van der Waals surface area (Å²) in [6.07, 6.45) is -2.66. The minimum Gasteiger partial charge on any atom is -0.376 e. The van der Waals surface area contributed by atoms with E-state index >= 15 is 0 Å². The molecule has 0 aromatic rings. The van der Waals surface area contributed by atoms with Crippen LogP contribution in [0.15, 0.2) is 0 Å². The predicted molar refractivity (Wildman–Crippen MR) is 53.5 cm³/mol. The van der Waals surface area contributed by atoms with E-state index in [-0.39, 0.29) is 12.1 Å². The molecule has 0 aromatic heterocycles. The Kier molecular flexibility index (Phi) is 5.20. The Balaban J connectivity index is 2.15. The maximum atomic E-state index is 11.7. The first-order chi connectivity index (χ1) is 7.88. The summed E-state index contributed by atoms with van der Waals surface area (Å²) < 4.78 is 44.8. The van der Waals surface area contributed by atoms with Gasteiger partial charge in [0.25, 0.3) is 0 Å². The van der Waals surface area contributed by atoms with Gasteiger partial charge in [-0.3, -0.25) is 4.79 Å². The van der Waals surface area contributed by atoms with Crippen LogP contribution in [0.25, 0.3) is 0 Å². The number of halogens is 3.